The van der Waals surface area contributed by atoms with Crippen molar-refractivity contribution in [2.24, 2.45) is 5.92 Å². The molecule has 1 aliphatic rings. The number of halogens is 2. The summed E-state index contributed by atoms with van der Waals surface area (Å²) in [4.78, 5) is 12.3. The van der Waals surface area contributed by atoms with Crippen molar-refractivity contribution in [1.82, 2.24) is 5.32 Å². The van der Waals surface area contributed by atoms with Gasteiger partial charge in [-0.05, 0) is 53.1 Å². The monoisotopic (exact) mass is 423 g/mol. The third-order valence-corrected chi connectivity index (χ3v) is 4.56. The summed E-state index contributed by atoms with van der Waals surface area (Å²) in [6, 6.07) is 5.95. The summed E-state index contributed by atoms with van der Waals surface area (Å²) < 4.78 is 7.27. The van der Waals surface area contributed by atoms with Crippen LogP contribution >= 0.6 is 38.5 Å². The van der Waals surface area contributed by atoms with Crippen LogP contribution in [0.5, 0.6) is 0 Å². The van der Waals surface area contributed by atoms with E-state index >= 15 is 0 Å². The Kier molecular flexibility index (Phi) is 5.03. The molecule has 5 heteroatoms. The number of hydrogen-bond donors (Lipinski definition) is 1. The maximum atomic E-state index is 12.3. The molecule has 2 atom stereocenters. The molecule has 0 aliphatic carbocycles. The molecule has 1 N–H and O–H groups in total. The van der Waals surface area contributed by atoms with Crippen LogP contribution in [0.1, 0.15) is 23.7 Å². The molecule has 1 saturated heterocycles. The Morgan fingerprint density at radius 2 is 2.33 bits per heavy atom. The van der Waals surface area contributed by atoms with Crippen molar-refractivity contribution >= 4 is 44.4 Å². The predicted molar refractivity (Wildman–Crippen MR) is 82.7 cm³/mol. The first kappa shape index (κ1) is 14.3. The van der Waals surface area contributed by atoms with E-state index < -0.39 is 0 Å². The lowest BCUT2D eigenvalue weighted by atomic mass is 9.97. The summed E-state index contributed by atoms with van der Waals surface area (Å²) >= 11 is 5.58. The van der Waals surface area contributed by atoms with Gasteiger partial charge in [0.15, 0.2) is 0 Å². The van der Waals surface area contributed by atoms with Crippen LogP contribution in [0.25, 0.3) is 0 Å². The minimum Gasteiger partial charge on any atom is -0.381 e. The van der Waals surface area contributed by atoms with Crippen LogP contribution in [-0.4, -0.2) is 25.2 Å². The summed E-state index contributed by atoms with van der Waals surface area (Å²) in [5.41, 5.74) is 0.726. The Hall–Kier alpha value is -0.140. The second-order valence-electron chi connectivity index (χ2n) is 4.54. The van der Waals surface area contributed by atoms with E-state index in [2.05, 4.69) is 50.8 Å². The molecule has 0 radical (unpaired) electrons. The average molecular weight is 424 g/mol. The van der Waals surface area contributed by atoms with E-state index in [1.54, 1.807) is 0 Å². The molecule has 1 aliphatic heterocycles. The molecule has 18 heavy (non-hydrogen) atoms. The van der Waals surface area contributed by atoms with Crippen LogP contribution in [0.4, 0.5) is 0 Å². The first-order valence-electron chi connectivity index (χ1n) is 5.91. The number of hydrogen-bond acceptors (Lipinski definition) is 2. The highest BCUT2D eigenvalue weighted by molar-refractivity contribution is 14.1. The van der Waals surface area contributed by atoms with Crippen molar-refractivity contribution in [3.05, 3.63) is 31.8 Å². The van der Waals surface area contributed by atoms with E-state index in [0.29, 0.717) is 5.92 Å². The van der Waals surface area contributed by atoms with Gasteiger partial charge in [-0.25, -0.2) is 0 Å². The summed E-state index contributed by atoms with van der Waals surface area (Å²) in [5.74, 6) is 0.368. The third kappa shape index (κ3) is 3.45. The lowest BCUT2D eigenvalue weighted by molar-refractivity contribution is 0.0375. The smallest absolute Gasteiger partial charge is 0.252 e. The fourth-order valence-corrected chi connectivity index (χ4v) is 2.95. The minimum atomic E-state index is -0.000509. The van der Waals surface area contributed by atoms with Gasteiger partial charge in [-0.15, -0.1) is 0 Å². The van der Waals surface area contributed by atoms with E-state index in [1.807, 2.05) is 18.2 Å². The average Bonchev–Trinajstić information content (AvgIpc) is 2.35. The van der Waals surface area contributed by atoms with Gasteiger partial charge >= 0.3 is 0 Å². The lowest BCUT2D eigenvalue weighted by Crippen LogP contribution is -2.44. The zero-order valence-electron chi connectivity index (χ0n) is 10.1. The number of benzene rings is 1. The fraction of sp³-hybridized carbons (Fsp3) is 0.462. The van der Waals surface area contributed by atoms with Crippen LogP contribution in [0, 0.1) is 9.49 Å². The van der Waals surface area contributed by atoms with Gasteiger partial charge in [0.05, 0.1) is 12.2 Å². The molecule has 1 aromatic carbocycles. The van der Waals surface area contributed by atoms with Gasteiger partial charge in [0.2, 0.25) is 0 Å². The van der Waals surface area contributed by atoms with Crippen LogP contribution in [-0.2, 0) is 4.74 Å². The van der Waals surface area contributed by atoms with Gasteiger partial charge in [0.25, 0.3) is 5.91 Å². The molecule has 2 unspecified atom stereocenters. The van der Waals surface area contributed by atoms with Gasteiger partial charge in [-0.2, -0.15) is 0 Å². The fourth-order valence-electron chi connectivity index (χ4n) is 2.01. The van der Waals surface area contributed by atoms with E-state index in [-0.39, 0.29) is 11.9 Å². The van der Waals surface area contributed by atoms with Crippen molar-refractivity contribution in [3.8, 4) is 0 Å². The molecule has 0 saturated carbocycles. The first-order chi connectivity index (χ1) is 8.58. The first-order valence-corrected chi connectivity index (χ1v) is 7.79. The maximum Gasteiger partial charge on any atom is 0.252 e. The number of ether oxygens (including phenoxy) is 1. The summed E-state index contributed by atoms with van der Waals surface area (Å²) in [5, 5.41) is 3.11. The van der Waals surface area contributed by atoms with E-state index in [4.69, 9.17) is 4.74 Å². The second kappa shape index (κ2) is 6.34. The van der Waals surface area contributed by atoms with Crippen LogP contribution < -0.4 is 5.32 Å². The van der Waals surface area contributed by atoms with Gasteiger partial charge in [0, 0.05) is 20.7 Å². The minimum absolute atomic E-state index is 0.000509. The number of carbonyl (C=O) groups is 1. The van der Waals surface area contributed by atoms with E-state index in [9.17, 15) is 4.79 Å². The standard InChI is InChI=1S/C13H15BrINO2/c1-8-7-18-5-4-12(8)16-13(17)10-6-9(14)2-3-11(10)15/h2-3,6,8,12H,4-5,7H2,1H3,(H,16,17). The van der Waals surface area contributed by atoms with Crippen LogP contribution in [0.15, 0.2) is 22.7 Å². The van der Waals surface area contributed by atoms with Gasteiger partial charge in [-0.3, -0.25) is 4.79 Å². The zero-order valence-corrected chi connectivity index (χ0v) is 13.8. The molecular weight excluding hydrogens is 409 g/mol. The highest BCUT2D eigenvalue weighted by Crippen LogP contribution is 2.20. The SMILES string of the molecule is CC1COCCC1NC(=O)c1cc(Br)ccc1I. The maximum absolute atomic E-state index is 12.3. The molecule has 98 valence electrons. The normalized spacial score (nSPS) is 23.7. The summed E-state index contributed by atoms with van der Waals surface area (Å²) in [6.45, 7) is 3.56. The number of nitrogens with one attached hydrogen (secondary N) is 1. The Morgan fingerprint density at radius 3 is 3.06 bits per heavy atom. The largest absolute Gasteiger partial charge is 0.381 e. The third-order valence-electron chi connectivity index (χ3n) is 3.13. The molecule has 1 fully saturated rings. The van der Waals surface area contributed by atoms with Crippen molar-refractivity contribution < 1.29 is 9.53 Å². The molecular formula is C13H15BrINO2. The Labute approximate surface area is 129 Å². The number of amides is 1. The van der Waals surface area contributed by atoms with Gasteiger partial charge in [-0.1, -0.05) is 22.9 Å². The quantitative estimate of drug-likeness (QED) is 0.741. The molecule has 3 nitrogen and oxygen atoms in total. The molecule has 1 amide bonds. The highest BCUT2D eigenvalue weighted by atomic mass is 127. The van der Waals surface area contributed by atoms with E-state index in [1.165, 1.54) is 0 Å². The topological polar surface area (TPSA) is 38.3 Å². The Balaban J connectivity index is 2.09. The molecule has 1 heterocycles. The highest BCUT2D eigenvalue weighted by Gasteiger charge is 2.24. The van der Waals surface area contributed by atoms with Crippen LogP contribution in [0.3, 0.4) is 0 Å². The summed E-state index contributed by atoms with van der Waals surface area (Å²) in [6.07, 6.45) is 0.886. The summed E-state index contributed by atoms with van der Waals surface area (Å²) in [7, 11) is 0. The molecule has 0 aromatic heterocycles. The van der Waals surface area contributed by atoms with Crippen molar-refractivity contribution in [3.63, 3.8) is 0 Å². The van der Waals surface area contributed by atoms with Crippen molar-refractivity contribution in [2.75, 3.05) is 13.2 Å². The second-order valence-corrected chi connectivity index (χ2v) is 6.62. The predicted octanol–water partition coefficient (Wildman–Crippen LogP) is 3.21. The number of carbonyl (C=O) groups excluding carboxylic acids is 1. The van der Waals surface area contributed by atoms with Gasteiger partial charge in [0.1, 0.15) is 0 Å². The molecule has 1 aromatic rings. The molecule has 0 spiro atoms. The van der Waals surface area contributed by atoms with Gasteiger partial charge < -0.3 is 10.1 Å². The van der Waals surface area contributed by atoms with Crippen LogP contribution in [0.2, 0.25) is 0 Å². The number of rotatable bonds is 2. The molecule has 0 bridgehead atoms. The Bertz CT molecular complexity index is 453. The molecule has 2 rings (SSSR count). The Morgan fingerprint density at radius 1 is 1.56 bits per heavy atom. The van der Waals surface area contributed by atoms with E-state index in [0.717, 1.165) is 33.2 Å². The van der Waals surface area contributed by atoms with Crippen molar-refractivity contribution in [2.45, 2.75) is 19.4 Å². The van der Waals surface area contributed by atoms with Crippen molar-refractivity contribution in [1.29, 1.82) is 0 Å². The zero-order chi connectivity index (χ0) is 13.1. The lowest BCUT2D eigenvalue weighted by Gasteiger charge is -2.29.